The van der Waals surface area contributed by atoms with Gasteiger partial charge in [-0.25, -0.2) is 14.0 Å². The van der Waals surface area contributed by atoms with E-state index in [1.54, 1.807) is 26.0 Å². The summed E-state index contributed by atoms with van der Waals surface area (Å²) in [6.45, 7) is 10.4. The predicted molar refractivity (Wildman–Crippen MR) is 109 cm³/mol. The maximum absolute atomic E-state index is 15.0. The lowest BCUT2D eigenvalue weighted by atomic mass is 9.84. The summed E-state index contributed by atoms with van der Waals surface area (Å²) in [6.07, 6.45) is 1.50. The zero-order chi connectivity index (χ0) is 21.1. The van der Waals surface area contributed by atoms with E-state index in [0.29, 0.717) is 47.3 Å². The van der Waals surface area contributed by atoms with E-state index < -0.39 is 11.9 Å². The molecular weight excluding hydrogens is 371 g/mol. The molecule has 1 aliphatic rings. The summed E-state index contributed by atoms with van der Waals surface area (Å²) in [5, 5.41) is 0. The highest BCUT2D eigenvalue weighted by molar-refractivity contribution is 5.89. The maximum atomic E-state index is 15.0. The molecule has 0 fully saturated rings. The first-order valence-electron chi connectivity index (χ1n) is 9.41. The Hall–Kier alpha value is -3.21. The monoisotopic (exact) mass is 394 g/mol. The van der Waals surface area contributed by atoms with Crippen LogP contribution in [0.1, 0.15) is 30.5 Å². The standard InChI is InChI=1S/C24H23FO4/c1-14(2)23(26)28-12-11-16-5-8-20-19-10-7-18(29-24(27)15(3)4)13-17(19)6-9-21(20)22(16)25/h5,7-8,10,13H,1,3,6,9,11-12H2,2,4H3. The van der Waals surface area contributed by atoms with Gasteiger partial charge in [0.2, 0.25) is 0 Å². The topological polar surface area (TPSA) is 52.6 Å². The van der Waals surface area contributed by atoms with Crippen molar-refractivity contribution < 1.29 is 23.5 Å². The SMILES string of the molecule is C=C(C)C(=O)OCCc1ccc2c(c1F)CCc1cc(OC(=O)C(=C)C)ccc1-2. The number of carbonyl (C=O) groups is 2. The second-order valence-corrected chi connectivity index (χ2v) is 7.22. The Morgan fingerprint density at radius 3 is 2.38 bits per heavy atom. The zero-order valence-electron chi connectivity index (χ0n) is 16.6. The number of aryl methyl sites for hydroxylation is 1. The number of esters is 2. The molecule has 0 saturated heterocycles. The molecule has 3 rings (SSSR count). The molecule has 0 aliphatic heterocycles. The molecule has 0 aromatic heterocycles. The Morgan fingerprint density at radius 1 is 1.00 bits per heavy atom. The molecule has 4 nitrogen and oxygen atoms in total. The number of rotatable bonds is 6. The van der Waals surface area contributed by atoms with E-state index in [1.807, 2.05) is 18.2 Å². The fourth-order valence-corrected chi connectivity index (χ4v) is 3.29. The van der Waals surface area contributed by atoms with Crippen LogP contribution in [0.2, 0.25) is 0 Å². The average molecular weight is 394 g/mol. The van der Waals surface area contributed by atoms with Crippen LogP contribution in [0, 0.1) is 5.82 Å². The van der Waals surface area contributed by atoms with Crippen LogP contribution in [0.5, 0.6) is 5.75 Å². The molecule has 5 heteroatoms. The molecule has 0 spiro atoms. The minimum atomic E-state index is -0.472. The van der Waals surface area contributed by atoms with Gasteiger partial charge in [0.1, 0.15) is 11.6 Å². The van der Waals surface area contributed by atoms with Crippen molar-refractivity contribution in [3.05, 3.63) is 77.1 Å². The van der Waals surface area contributed by atoms with Crippen molar-refractivity contribution >= 4 is 11.9 Å². The minimum absolute atomic E-state index is 0.107. The van der Waals surface area contributed by atoms with Crippen LogP contribution in [0.3, 0.4) is 0 Å². The zero-order valence-corrected chi connectivity index (χ0v) is 16.6. The van der Waals surface area contributed by atoms with Crippen molar-refractivity contribution in [2.24, 2.45) is 0 Å². The lowest BCUT2D eigenvalue weighted by molar-refractivity contribution is -0.138. The van der Waals surface area contributed by atoms with Crippen molar-refractivity contribution in [3.63, 3.8) is 0 Å². The molecule has 2 aromatic rings. The number of benzene rings is 2. The van der Waals surface area contributed by atoms with E-state index in [-0.39, 0.29) is 12.4 Å². The van der Waals surface area contributed by atoms with Gasteiger partial charge in [-0.05, 0) is 66.6 Å². The third-order valence-electron chi connectivity index (χ3n) is 4.85. The first kappa shape index (κ1) is 20.5. The lowest BCUT2D eigenvalue weighted by Gasteiger charge is -2.22. The largest absolute Gasteiger partial charge is 0.462 e. The molecule has 150 valence electrons. The minimum Gasteiger partial charge on any atom is -0.462 e. The summed E-state index contributed by atoms with van der Waals surface area (Å²) in [4.78, 5) is 23.2. The smallest absolute Gasteiger partial charge is 0.338 e. The highest BCUT2D eigenvalue weighted by Gasteiger charge is 2.22. The number of hydrogen-bond acceptors (Lipinski definition) is 4. The predicted octanol–water partition coefficient (Wildman–Crippen LogP) is 4.73. The van der Waals surface area contributed by atoms with Gasteiger partial charge in [0.15, 0.2) is 0 Å². The molecule has 2 aromatic carbocycles. The fraction of sp³-hybridized carbons (Fsp3) is 0.250. The molecular formula is C24H23FO4. The van der Waals surface area contributed by atoms with E-state index in [0.717, 1.165) is 16.7 Å². The molecule has 0 saturated carbocycles. The van der Waals surface area contributed by atoms with E-state index in [4.69, 9.17) is 9.47 Å². The molecule has 0 atom stereocenters. The van der Waals surface area contributed by atoms with E-state index in [9.17, 15) is 9.59 Å². The van der Waals surface area contributed by atoms with Gasteiger partial charge in [0.05, 0.1) is 6.61 Å². The number of halogens is 1. The van der Waals surface area contributed by atoms with Crippen LogP contribution < -0.4 is 4.74 Å². The molecule has 29 heavy (non-hydrogen) atoms. The summed E-state index contributed by atoms with van der Waals surface area (Å²) in [5.74, 6) is -0.737. The van der Waals surface area contributed by atoms with Gasteiger partial charge in [-0.3, -0.25) is 0 Å². The highest BCUT2D eigenvalue weighted by atomic mass is 19.1. The second-order valence-electron chi connectivity index (χ2n) is 7.22. The maximum Gasteiger partial charge on any atom is 0.338 e. The molecule has 0 amide bonds. The van der Waals surface area contributed by atoms with Crippen molar-refractivity contribution in [2.75, 3.05) is 6.61 Å². The van der Waals surface area contributed by atoms with Gasteiger partial charge >= 0.3 is 11.9 Å². The van der Waals surface area contributed by atoms with Gasteiger partial charge in [0, 0.05) is 17.6 Å². The normalized spacial score (nSPS) is 11.8. The van der Waals surface area contributed by atoms with Gasteiger partial charge in [-0.1, -0.05) is 31.4 Å². The third-order valence-corrected chi connectivity index (χ3v) is 4.85. The lowest BCUT2D eigenvalue weighted by Crippen LogP contribution is -2.12. The third kappa shape index (κ3) is 4.45. The van der Waals surface area contributed by atoms with Crippen LogP contribution in [-0.2, 0) is 33.6 Å². The second kappa shape index (κ2) is 8.43. The van der Waals surface area contributed by atoms with Crippen molar-refractivity contribution in [3.8, 4) is 16.9 Å². The van der Waals surface area contributed by atoms with Crippen LogP contribution in [0.4, 0.5) is 4.39 Å². The first-order chi connectivity index (χ1) is 13.8. The van der Waals surface area contributed by atoms with E-state index in [1.165, 1.54) is 0 Å². The Balaban J connectivity index is 1.80. The van der Waals surface area contributed by atoms with Crippen LogP contribution >= 0.6 is 0 Å². The highest BCUT2D eigenvalue weighted by Crippen LogP contribution is 2.37. The number of carbonyl (C=O) groups excluding carboxylic acids is 2. The Morgan fingerprint density at radius 2 is 1.69 bits per heavy atom. The molecule has 0 heterocycles. The summed E-state index contributed by atoms with van der Waals surface area (Å²) in [7, 11) is 0. The van der Waals surface area contributed by atoms with E-state index in [2.05, 4.69) is 13.2 Å². The van der Waals surface area contributed by atoms with E-state index >= 15 is 4.39 Å². The Kier molecular flexibility index (Phi) is 5.97. The molecule has 0 N–H and O–H groups in total. The van der Waals surface area contributed by atoms with Crippen LogP contribution in [0.25, 0.3) is 11.1 Å². The molecule has 0 unspecified atom stereocenters. The molecule has 1 aliphatic carbocycles. The summed E-state index contributed by atoms with van der Waals surface area (Å²) < 4.78 is 25.4. The van der Waals surface area contributed by atoms with Gasteiger partial charge in [-0.15, -0.1) is 0 Å². The van der Waals surface area contributed by atoms with Crippen molar-refractivity contribution in [1.29, 1.82) is 0 Å². The summed E-state index contributed by atoms with van der Waals surface area (Å²) in [6, 6.07) is 9.00. The number of fused-ring (bicyclic) bond motifs is 3. The van der Waals surface area contributed by atoms with Gasteiger partial charge in [-0.2, -0.15) is 0 Å². The van der Waals surface area contributed by atoms with Crippen LogP contribution in [0.15, 0.2) is 54.6 Å². The summed E-state index contributed by atoms with van der Waals surface area (Å²) >= 11 is 0. The fourth-order valence-electron chi connectivity index (χ4n) is 3.29. The Bertz CT molecular complexity index is 1020. The van der Waals surface area contributed by atoms with Crippen molar-refractivity contribution in [1.82, 2.24) is 0 Å². The Labute approximate surface area is 169 Å². The quantitative estimate of drug-likeness (QED) is 0.404. The van der Waals surface area contributed by atoms with Crippen LogP contribution in [-0.4, -0.2) is 18.5 Å². The average Bonchev–Trinajstić information content (AvgIpc) is 2.68. The van der Waals surface area contributed by atoms with Gasteiger partial charge < -0.3 is 9.47 Å². The number of hydrogen-bond donors (Lipinski definition) is 0. The van der Waals surface area contributed by atoms with Crippen molar-refractivity contribution in [2.45, 2.75) is 33.1 Å². The van der Waals surface area contributed by atoms with Gasteiger partial charge in [0.25, 0.3) is 0 Å². The summed E-state index contributed by atoms with van der Waals surface area (Å²) in [5.41, 5.74) is 4.61. The molecule has 0 radical (unpaired) electrons. The molecule has 0 bridgehead atoms. The first-order valence-corrected chi connectivity index (χ1v) is 9.41. The number of ether oxygens (including phenoxy) is 2.